The first-order valence-electron chi connectivity index (χ1n) is 7.01. The van der Waals surface area contributed by atoms with E-state index >= 15 is 0 Å². The van der Waals surface area contributed by atoms with Crippen molar-refractivity contribution in [1.82, 2.24) is 4.57 Å². The van der Waals surface area contributed by atoms with Crippen molar-refractivity contribution < 1.29 is 0 Å². The van der Waals surface area contributed by atoms with E-state index in [0.29, 0.717) is 0 Å². The Labute approximate surface area is 113 Å². The molecular formula is C17H19NO. The number of allylic oxidation sites excluding steroid dienone is 2. The van der Waals surface area contributed by atoms with E-state index < -0.39 is 0 Å². The lowest BCUT2D eigenvalue weighted by Crippen LogP contribution is -2.17. The fourth-order valence-corrected chi connectivity index (χ4v) is 2.94. The van der Waals surface area contributed by atoms with Gasteiger partial charge >= 0.3 is 0 Å². The fourth-order valence-electron chi connectivity index (χ4n) is 2.94. The highest BCUT2D eigenvalue weighted by Gasteiger charge is 2.09. The van der Waals surface area contributed by atoms with Crippen LogP contribution in [-0.2, 0) is 13.5 Å². The van der Waals surface area contributed by atoms with Crippen LogP contribution in [-0.4, -0.2) is 4.57 Å². The van der Waals surface area contributed by atoms with Gasteiger partial charge in [-0.15, -0.1) is 0 Å². The van der Waals surface area contributed by atoms with E-state index in [1.165, 1.54) is 42.2 Å². The molecule has 0 bridgehead atoms. The van der Waals surface area contributed by atoms with E-state index in [1.807, 2.05) is 25.2 Å². The number of nitrogens with zero attached hydrogens (tertiary/aromatic N) is 1. The molecule has 0 atom stereocenters. The number of fused-ring (bicyclic) bond motifs is 1. The summed E-state index contributed by atoms with van der Waals surface area (Å²) in [5.74, 6) is 0. The number of para-hydroxylation sites is 1. The first kappa shape index (κ1) is 12.2. The van der Waals surface area contributed by atoms with E-state index in [-0.39, 0.29) is 5.56 Å². The summed E-state index contributed by atoms with van der Waals surface area (Å²) in [6.07, 6.45) is 8.25. The summed E-state index contributed by atoms with van der Waals surface area (Å²) in [5.41, 5.74) is 3.78. The van der Waals surface area contributed by atoms with Gasteiger partial charge in [-0.25, -0.2) is 0 Å². The molecule has 0 saturated heterocycles. The molecule has 19 heavy (non-hydrogen) atoms. The first-order valence-corrected chi connectivity index (χ1v) is 7.01. The molecule has 0 saturated carbocycles. The second kappa shape index (κ2) is 5.04. The van der Waals surface area contributed by atoms with Gasteiger partial charge in [-0.2, -0.15) is 0 Å². The monoisotopic (exact) mass is 253 g/mol. The minimum absolute atomic E-state index is 0.0881. The van der Waals surface area contributed by atoms with Gasteiger partial charge in [0.2, 0.25) is 0 Å². The molecule has 2 aromatic rings. The third kappa shape index (κ3) is 2.35. The Kier molecular flexibility index (Phi) is 3.24. The minimum atomic E-state index is 0.0881. The highest BCUT2D eigenvalue weighted by atomic mass is 16.1. The van der Waals surface area contributed by atoms with Crippen LogP contribution in [0.15, 0.2) is 46.8 Å². The van der Waals surface area contributed by atoms with Crippen LogP contribution >= 0.6 is 0 Å². The van der Waals surface area contributed by atoms with Crippen molar-refractivity contribution in [1.29, 1.82) is 0 Å². The normalized spacial score (nSPS) is 15.5. The second-order valence-corrected chi connectivity index (χ2v) is 5.37. The molecule has 1 heterocycles. The number of aromatic nitrogens is 1. The fraction of sp³-hybridized carbons (Fsp3) is 0.353. The zero-order valence-electron chi connectivity index (χ0n) is 11.4. The molecule has 0 aliphatic heterocycles. The minimum Gasteiger partial charge on any atom is -0.311 e. The average molecular weight is 253 g/mol. The van der Waals surface area contributed by atoms with E-state index in [0.717, 1.165) is 11.9 Å². The molecule has 0 amide bonds. The molecule has 3 rings (SSSR count). The van der Waals surface area contributed by atoms with Crippen LogP contribution in [0.3, 0.4) is 0 Å². The highest BCUT2D eigenvalue weighted by molar-refractivity contribution is 5.82. The van der Waals surface area contributed by atoms with Gasteiger partial charge in [0.1, 0.15) is 0 Å². The Balaban J connectivity index is 2.10. The van der Waals surface area contributed by atoms with Gasteiger partial charge in [0.25, 0.3) is 5.56 Å². The van der Waals surface area contributed by atoms with Crippen molar-refractivity contribution >= 4 is 10.9 Å². The van der Waals surface area contributed by atoms with Gasteiger partial charge in [-0.3, -0.25) is 4.79 Å². The molecule has 98 valence electrons. The number of benzene rings is 1. The predicted molar refractivity (Wildman–Crippen MR) is 79.4 cm³/mol. The van der Waals surface area contributed by atoms with Gasteiger partial charge in [-0.05, 0) is 43.7 Å². The maximum atomic E-state index is 12.0. The zero-order valence-corrected chi connectivity index (χ0v) is 11.4. The smallest absolute Gasteiger partial charge is 0.251 e. The molecule has 1 aliphatic carbocycles. The molecule has 1 aromatic heterocycles. The van der Waals surface area contributed by atoms with Crippen molar-refractivity contribution in [2.24, 2.45) is 7.05 Å². The quantitative estimate of drug-likeness (QED) is 0.750. The van der Waals surface area contributed by atoms with Crippen LogP contribution in [0, 0.1) is 0 Å². The average Bonchev–Trinajstić information content (AvgIpc) is 2.46. The molecule has 1 aliphatic rings. The maximum Gasteiger partial charge on any atom is 0.251 e. The summed E-state index contributed by atoms with van der Waals surface area (Å²) in [5, 5.41) is 1.20. The number of pyridine rings is 1. The highest BCUT2D eigenvalue weighted by Crippen LogP contribution is 2.24. The molecule has 0 fully saturated rings. The van der Waals surface area contributed by atoms with Crippen molar-refractivity contribution in [2.45, 2.75) is 32.1 Å². The van der Waals surface area contributed by atoms with Gasteiger partial charge in [-0.1, -0.05) is 29.8 Å². The zero-order chi connectivity index (χ0) is 13.2. The Bertz CT molecular complexity index is 694. The number of hydrogen-bond acceptors (Lipinski definition) is 1. The standard InChI is InChI=1S/C17H19NO/c1-18-16-10-6-5-9-15(16)14(12-17(18)19)11-13-7-3-2-4-8-13/h5-7,9-10,12H,2-4,8,11H2,1H3. The van der Waals surface area contributed by atoms with Gasteiger partial charge in [0, 0.05) is 18.5 Å². The van der Waals surface area contributed by atoms with Crippen LogP contribution in [0.4, 0.5) is 0 Å². The SMILES string of the molecule is Cn1c(=O)cc(CC2=CCCCC2)c2ccccc21. The summed E-state index contributed by atoms with van der Waals surface area (Å²) < 4.78 is 1.73. The molecule has 0 spiro atoms. The third-order valence-corrected chi connectivity index (χ3v) is 4.04. The van der Waals surface area contributed by atoms with Crippen molar-refractivity contribution in [2.75, 3.05) is 0 Å². The Morgan fingerprint density at radius 1 is 1.21 bits per heavy atom. The number of hydrogen-bond donors (Lipinski definition) is 0. The van der Waals surface area contributed by atoms with E-state index in [2.05, 4.69) is 12.1 Å². The van der Waals surface area contributed by atoms with E-state index in [4.69, 9.17) is 0 Å². The Hall–Kier alpha value is -1.83. The maximum absolute atomic E-state index is 12.0. The van der Waals surface area contributed by atoms with Crippen LogP contribution in [0.2, 0.25) is 0 Å². The predicted octanol–water partition coefficient (Wildman–Crippen LogP) is 3.58. The van der Waals surface area contributed by atoms with Crippen molar-refractivity contribution in [3.05, 3.63) is 57.9 Å². The van der Waals surface area contributed by atoms with Gasteiger partial charge < -0.3 is 4.57 Å². The second-order valence-electron chi connectivity index (χ2n) is 5.37. The van der Waals surface area contributed by atoms with Gasteiger partial charge in [0.15, 0.2) is 0 Å². The Morgan fingerprint density at radius 3 is 2.84 bits per heavy atom. The lowest BCUT2D eigenvalue weighted by atomic mass is 9.93. The summed E-state index contributed by atoms with van der Waals surface area (Å²) >= 11 is 0. The lowest BCUT2D eigenvalue weighted by Gasteiger charge is -2.15. The van der Waals surface area contributed by atoms with Crippen LogP contribution in [0.5, 0.6) is 0 Å². The summed E-state index contributed by atoms with van der Waals surface area (Å²) in [4.78, 5) is 12.0. The molecule has 2 nitrogen and oxygen atoms in total. The molecule has 2 heteroatoms. The molecular weight excluding hydrogens is 234 g/mol. The lowest BCUT2D eigenvalue weighted by molar-refractivity contribution is 0.688. The number of aryl methyl sites for hydroxylation is 1. The molecule has 0 unspecified atom stereocenters. The topological polar surface area (TPSA) is 22.0 Å². The molecule has 0 radical (unpaired) electrons. The molecule has 0 N–H and O–H groups in total. The van der Waals surface area contributed by atoms with Crippen LogP contribution in [0.25, 0.3) is 10.9 Å². The summed E-state index contributed by atoms with van der Waals surface area (Å²) in [6, 6.07) is 9.98. The van der Waals surface area contributed by atoms with E-state index in [1.54, 1.807) is 10.6 Å². The largest absolute Gasteiger partial charge is 0.311 e. The number of rotatable bonds is 2. The van der Waals surface area contributed by atoms with Crippen molar-refractivity contribution in [3.63, 3.8) is 0 Å². The van der Waals surface area contributed by atoms with Crippen LogP contribution < -0.4 is 5.56 Å². The first-order chi connectivity index (χ1) is 9.25. The third-order valence-electron chi connectivity index (χ3n) is 4.04. The Morgan fingerprint density at radius 2 is 2.05 bits per heavy atom. The summed E-state index contributed by atoms with van der Waals surface area (Å²) in [7, 11) is 1.84. The van der Waals surface area contributed by atoms with Gasteiger partial charge in [0.05, 0.1) is 5.52 Å². The summed E-state index contributed by atoms with van der Waals surface area (Å²) in [6.45, 7) is 0. The van der Waals surface area contributed by atoms with Crippen LogP contribution in [0.1, 0.15) is 31.2 Å². The van der Waals surface area contributed by atoms with E-state index in [9.17, 15) is 4.79 Å². The molecule has 1 aromatic carbocycles. The van der Waals surface area contributed by atoms with Crippen molar-refractivity contribution in [3.8, 4) is 0 Å².